The molecule has 1 aromatic rings. The molecule has 1 aromatic carbocycles. The summed E-state index contributed by atoms with van der Waals surface area (Å²) in [5, 5.41) is 5.15. The number of hydrogen-bond acceptors (Lipinski definition) is 5. The molecule has 1 aliphatic heterocycles. The third-order valence-corrected chi connectivity index (χ3v) is 4.97. The number of nitrogens with zero attached hydrogens (tertiary/aromatic N) is 2. The topological polar surface area (TPSA) is 92.9 Å². The van der Waals surface area contributed by atoms with Crippen molar-refractivity contribution in [2.24, 2.45) is 5.14 Å². The highest BCUT2D eigenvalue weighted by Crippen LogP contribution is 2.24. The molecule has 0 atom stereocenters. The van der Waals surface area contributed by atoms with Crippen molar-refractivity contribution in [3.8, 4) is 5.75 Å². The van der Waals surface area contributed by atoms with E-state index in [-0.39, 0.29) is 16.4 Å². The van der Waals surface area contributed by atoms with E-state index in [1.165, 1.54) is 25.3 Å². The van der Waals surface area contributed by atoms with Gasteiger partial charge in [-0.2, -0.15) is 0 Å². The largest absolute Gasteiger partial charge is 0.496 e. The maximum absolute atomic E-state index is 12.7. The van der Waals surface area contributed by atoms with Gasteiger partial charge in [-0.3, -0.25) is 9.69 Å². The second kappa shape index (κ2) is 6.86. The van der Waals surface area contributed by atoms with Gasteiger partial charge in [0.05, 0.1) is 17.6 Å². The lowest BCUT2D eigenvalue weighted by Crippen LogP contribution is -2.50. The van der Waals surface area contributed by atoms with E-state index in [0.29, 0.717) is 24.9 Å². The van der Waals surface area contributed by atoms with Crippen LogP contribution in [0, 0.1) is 0 Å². The first kappa shape index (κ1) is 17.7. The summed E-state index contributed by atoms with van der Waals surface area (Å²) in [6.07, 6.45) is 0. The fourth-order valence-corrected chi connectivity index (χ4v) is 3.18. The lowest BCUT2D eigenvalue weighted by molar-refractivity contribution is 0.0592. The van der Waals surface area contributed by atoms with Gasteiger partial charge in [-0.1, -0.05) is 0 Å². The van der Waals surface area contributed by atoms with Gasteiger partial charge in [0.15, 0.2) is 0 Å². The van der Waals surface area contributed by atoms with Crippen LogP contribution >= 0.6 is 0 Å². The SMILES string of the molecule is COc1ccc(S(N)(=O)=O)cc1C(=O)N1CCN(C(C)C)CC1. The number of nitrogens with two attached hydrogens (primary N) is 1. The Morgan fingerprint density at radius 1 is 1.22 bits per heavy atom. The maximum atomic E-state index is 12.7. The smallest absolute Gasteiger partial charge is 0.257 e. The number of primary sulfonamides is 1. The number of hydrogen-bond donors (Lipinski definition) is 1. The van der Waals surface area contributed by atoms with Crippen molar-refractivity contribution in [1.29, 1.82) is 0 Å². The quantitative estimate of drug-likeness (QED) is 0.861. The third-order valence-electron chi connectivity index (χ3n) is 4.06. The monoisotopic (exact) mass is 341 g/mol. The molecule has 0 saturated carbocycles. The van der Waals surface area contributed by atoms with Crippen LogP contribution in [-0.2, 0) is 10.0 Å². The molecular formula is C15H23N3O4S. The zero-order valence-corrected chi connectivity index (χ0v) is 14.5. The summed E-state index contributed by atoms with van der Waals surface area (Å²) in [6, 6.07) is 4.51. The molecule has 8 heteroatoms. The van der Waals surface area contributed by atoms with E-state index in [1.54, 1.807) is 4.90 Å². The fourth-order valence-electron chi connectivity index (χ4n) is 2.64. The number of piperazine rings is 1. The van der Waals surface area contributed by atoms with Crippen molar-refractivity contribution in [3.05, 3.63) is 23.8 Å². The Labute approximate surface area is 137 Å². The summed E-state index contributed by atoms with van der Waals surface area (Å²) in [7, 11) is -2.43. The molecule has 1 heterocycles. The van der Waals surface area contributed by atoms with Crippen LogP contribution < -0.4 is 9.88 Å². The minimum Gasteiger partial charge on any atom is -0.496 e. The summed E-state index contributed by atoms with van der Waals surface area (Å²) in [5.74, 6) is 0.101. The van der Waals surface area contributed by atoms with Gasteiger partial charge in [-0.05, 0) is 32.0 Å². The maximum Gasteiger partial charge on any atom is 0.257 e. The molecule has 23 heavy (non-hydrogen) atoms. The fraction of sp³-hybridized carbons (Fsp3) is 0.533. The zero-order valence-electron chi connectivity index (χ0n) is 13.7. The molecule has 7 nitrogen and oxygen atoms in total. The number of carbonyl (C=O) groups excluding carboxylic acids is 1. The van der Waals surface area contributed by atoms with Gasteiger partial charge in [0.25, 0.3) is 5.91 Å². The first-order valence-corrected chi connectivity index (χ1v) is 9.03. The first-order chi connectivity index (χ1) is 10.7. The average molecular weight is 341 g/mol. The van der Waals surface area contributed by atoms with Crippen molar-refractivity contribution in [3.63, 3.8) is 0 Å². The molecule has 0 spiro atoms. The second-order valence-electron chi connectivity index (χ2n) is 5.83. The van der Waals surface area contributed by atoms with Crippen LogP contribution in [-0.4, -0.2) is 63.5 Å². The van der Waals surface area contributed by atoms with E-state index in [4.69, 9.17) is 9.88 Å². The summed E-state index contributed by atoms with van der Waals surface area (Å²) >= 11 is 0. The molecule has 2 N–H and O–H groups in total. The molecule has 0 radical (unpaired) electrons. The first-order valence-electron chi connectivity index (χ1n) is 7.48. The molecule has 1 aliphatic rings. The summed E-state index contributed by atoms with van der Waals surface area (Å²) < 4.78 is 28.2. The Hall–Kier alpha value is -1.64. The average Bonchev–Trinajstić information content (AvgIpc) is 2.52. The van der Waals surface area contributed by atoms with E-state index >= 15 is 0 Å². The molecule has 1 amide bonds. The normalized spacial score (nSPS) is 16.7. The summed E-state index contributed by atoms with van der Waals surface area (Å²) in [5.41, 5.74) is 0.219. The van der Waals surface area contributed by atoms with Crippen LogP contribution in [0.15, 0.2) is 23.1 Å². The van der Waals surface area contributed by atoms with Crippen LogP contribution in [0.3, 0.4) is 0 Å². The van der Waals surface area contributed by atoms with Crippen LogP contribution in [0.2, 0.25) is 0 Å². The number of benzene rings is 1. The number of ether oxygens (including phenoxy) is 1. The van der Waals surface area contributed by atoms with E-state index in [2.05, 4.69) is 18.7 Å². The predicted octanol–water partition coefficient (Wildman–Crippen LogP) is 0.509. The van der Waals surface area contributed by atoms with Crippen molar-refractivity contribution >= 4 is 15.9 Å². The van der Waals surface area contributed by atoms with Gasteiger partial charge in [-0.25, -0.2) is 13.6 Å². The van der Waals surface area contributed by atoms with Gasteiger partial charge in [0.1, 0.15) is 5.75 Å². The van der Waals surface area contributed by atoms with E-state index in [0.717, 1.165) is 13.1 Å². The van der Waals surface area contributed by atoms with Crippen LogP contribution in [0.25, 0.3) is 0 Å². The Bertz CT molecular complexity index is 680. The highest BCUT2D eigenvalue weighted by molar-refractivity contribution is 7.89. The molecule has 0 unspecified atom stereocenters. The zero-order chi connectivity index (χ0) is 17.2. The van der Waals surface area contributed by atoms with E-state index < -0.39 is 10.0 Å². The number of rotatable bonds is 4. The van der Waals surface area contributed by atoms with Gasteiger partial charge in [-0.15, -0.1) is 0 Å². The van der Waals surface area contributed by atoms with E-state index in [1.807, 2.05) is 0 Å². The molecule has 0 bridgehead atoms. The number of methoxy groups -OCH3 is 1. The van der Waals surface area contributed by atoms with Crippen molar-refractivity contribution in [2.45, 2.75) is 24.8 Å². The number of sulfonamides is 1. The Morgan fingerprint density at radius 3 is 2.30 bits per heavy atom. The Balaban J connectivity index is 2.25. The van der Waals surface area contributed by atoms with E-state index in [9.17, 15) is 13.2 Å². The minimum atomic E-state index is -3.87. The van der Waals surface area contributed by atoms with Crippen molar-refractivity contribution < 1.29 is 17.9 Å². The number of carbonyl (C=O) groups is 1. The molecule has 128 valence electrons. The van der Waals surface area contributed by atoms with Gasteiger partial charge in [0.2, 0.25) is 10.0 Å². The molecule has 1 saturated heterocycles. The van der Waals surface area contributed by atoms with Gasteiger partial charge >= 0.3 is 0 Å². The van der Waals surface area contributed by atoms with Crippen LogP contribution in [0.4, 0.5) is 0 Å². The molecule has 1 fully saturated rings. The highest BCUT2D eigenvalue weighted by atomic mass is 32.2. The minimum absolute atomic E-state index is 0.0949. The summed E-state index contributed by atoms with van der Waals surface area (Å²) in [6.45, 7) is 7.02. The Morgan fingerprint density at radius 2 is 1.83 bits per heavy atom. The Kier molecular flexibility index (Phi) is 5.28. The van der Waals surface area contributed by atoms with Gasteiger partial charge < -0.3 is 9.64 Å². The third kappa shape index (κ3) is 4.01. The standard InChI is InChI=1S/C15H23N3O4S/c1-11(2)17-6-8-18(9-7-17)15(19)13-10-12(23(16,20)21)4-5-14(13)22-3/h4-5,10-11H,6-9H2,1-3H3,(H2,16,20,21). The second-order valence-corrected chi connectivity index (χ2v) is 7.39. The molecular weight excluding hydrogens is 318 g/mol. The van der Waals surface area contributed by atoms with Crippen LogP contribution in [0.1, 0.15) is 24.2 Å². The van der Waals surface area contributed by atoms with Gasteiger partial charge in [0, 0.05) is 32.2 Å². The molecule has 2 rings (SSSR count). The predicted molar refractivity (Wildman–Crippen MR) is 87.0 cm³/mol. The van der Waals surface area contributed by atoms with Crippen molar-refractivity contribution in [1.82, 2.24) is 9.80 Å². The van der Waals surface area contributed by atoms with Crippen LogP contribution in [0.5, 0.6) is 5.75 Å². The molecule has 0 aliphatic carbocycles. The lowest BCUT2D eigenvalue weighted by atomic mass is 10.1. The lowest BCUT2D eigenvalue weighted by Gasteiger charge is -2.37. The highest BCUT2D eigenvalue weighted by Gasteiger charge is 2.26. The summed E-state index contributed by atoms with van der Waals surface area (Å²) in [4.78, 5) is 16.6. The number of amides is 1. The molecule has 0 aromatic heterocycles. The van der Waals surface area contributed by atoms with Crippen molar-refractivity contribution in [2.75, 3.05) is 33.3 Å².